The number of benzene rings is 2. The summed E-state index contributed by atoms with van der Waals surface area (Å²) in [5, 5.41) is 1.05. The minimum atomic E-state index is -0.250. The number of hydrogen-bond acceptors (Lipinski definition) is 5. The number of aromatic nitrogens is 1. The summed E-state index contributed by atoms with van der Waals surface area (Å²) in [5.74, 6) is 7.39. The van der Waals surface area contributed by atoms with Crippen molar-refractivity contribution in [1.29, 1.82) is 0 Å². The van der Waals surface area contributed by atoms with E-state index in [9.17, 15) is 4.79 Å². The summed E-state index contributed by atoms with van der Waals surface area (Å²) < 4.78 is -0.0412. The lowest BCUT2D eigenvalue weighted by atomic mass is 9.72. The Bertz CT molecular complexity index is 1420. The van der Waals surface area contributed by atoms with E-state index in [0.29, 0.717) is 12.8 Å². The van der Waals surface area contributed by atoms with Crippen molar-refractivity contribution in [3.8, 4) is 11.3 Å². The molecule has 1 atom stereocenters. The Morgan fingerprint density at radius 1 is 1.00 bits per heavy atom. The van der Waals surface area contributed by atoms with Crippen LogP contribution in [0.2, 0.25) is 0 Å². The van der Waals surface area contributed by atoms with Crippen LogP contribution in [0.1, 0.15) is 18.4 Å². The molecule has 0 spiro atoms. The molecule has 1 saturated carbocycles. The zero-order valence-corrected chi connectivity index (χ0v) is 17.9. The quantitative estimate of drug-likeness (QED) is 0.483. The van der Waals surface area contributed by atoms with Gasteiger partial charge in [-0.1, -0.05) is 42.5 Å². The fourth-order valence-electron chi connectivity index (χ4n) is 4.81. The summed E-state index contributed by atoms with van der Waals surface area (Å²) in [6, 6.07) is 20.4. The van der Waals surface area contributed by atoms with Gasteiger partial charge in [-0.2, -0.15) is 10.8 Å². The second kappa shape index (κ2) is 7.30. The van der Waals surface area contributed by atoms with Gasteiger partial charge in [0.25, 0.3) is 5.84 Å². The number of fused-ring (bicyclic) bond motifs is 2. The predicted octanol–water partition coefficient (Wildman–Crippen LogP) is 3.63. The molecule has 162 valence electrons. The van der Waals surface area contributed by atoms with Gasteiger partial charge in [-0.05, 0) is 31.0 Å². The van der Waals surface area contributed by atoms with Crippen molar-refractivity contribution in [2.45, 2.75) is 12.8 Å². The average molecular weight is 436 g/mol. The first-order valence-corrected chi connectivity index (χ1v) is 11.0. The first-order chi connectivity index (χ1) is 16.0. The molecule has 2 aliphatic heterocycles. The highest BCUT2D eigenvalue weighted by Gasteiger charge is 2.48. The second-order valence-electron chi connectivity index (χ2n) is 8.80. The summed E-state index contributed by atoms with van der Waals surface area (Å²) in [4.78, 5) is 25.7. The van der Waals surface area contributed by atoms with Crippen molar-refractivity contribution in [3.63, 3.8) is 0 Å². The van der Waals surface area contributed by atoms with Crippen molar-refractivity contribution in [2.75, 3.05) is 0 Å². The van der Waals surface area contributed by atoms with Crippen LogP contribution in [0.25, 0.3) is 22.2 Å². The van der Waals surface area contributed by atoms with Gasteiger partial charge in [-0.25, -0.2) is 4.98 Å². The standard InChI is InChI=1S/C26H22N6O/c27-25(33)20-12-19(13-20)24-23-15-29-10-11-32(23,28)26(31-24)18-7-6-17-8-9-21(30-22(17)14-18)16-4-2-1-3-5-16/h1-11,14-15,19-20H,12-13,28H2,(H-,27,33)/p+1. The number of aliphatic imine (C=N–C) groups is 2. The maximum Gasteiger partial charge on any atom is 0.264 e. The van der Waals surface area contributed by atoms with Crippen LogP contribution in [0.4, 0.5) is 0 Å². The van der Waals surface area contributed by atoms with E-state index >= 15 is 0 Å². The van der Waals surface area contributed by atoms with Gasteiger partial charge in [0.15, 0.2) is 0 Å². The van der Waals surface area contributed by atoms with Gasteiger partial charge in [-0.15, -0.1) is 4.59 Å². The molecule has 0 radical (unpaired) electrons. The van der Waals surface area contributed by atoms with E-state index < -0.39 is 0 Å². The first-order valence-electron chi connectivity index (χ1n) is 11.0. The summed E-state index contributed by atoms with van der Waals surface area (Å²) in [5.41, 5.74) is 11.0. The molecule has 7 heteroatoms. The Kier molecular flexibility index (Phi) is 4.36. The molecule has 33 heavy (non-hydrogen) atoms. The third kappa shape index (κ3) is 3.13. The van der Waals surface area contributed by atoms with E-state index in [4.69, 9.17) is 21.6 Å². The predicted molar refractivity (Wildman–Crippen MR) is 128 cm³/mol. The fraction of sp³-hybridized carbons (Fsp3) is 0.154. The molecular weight excluding hydrogens is 412 g/mol. The monoisotopic (exact) mass is 435 g/mol. The smallest absolute Gasteiger partial charge is 0.264 e. The number of rotatable bonds is 4. The molecule has 1 fully saturated rings. The van der Waals surface area contributed by atoms with Gasteiger partial charge in [0.05, 0.1) is 29.2 Å². The molecule has 1 unspecified atom stereocenters. The topological polar surface area (TPSA) is 107 Å². The highest BCUT2D eigenvalue weighted by molar-refractivity contribution is 6.02. The van der Waals surface area contributed by atoms with Crippen LogP contribution >= 0.6 is 0 Å². The summed E-state index contributed by atoms with van der Waals surface area (Å²) in [6.45, 7) is 0. The van der Waals surface area contributed by atoms with Crippen molar-refractivity contribution in [3.05, 3.63) is 90.0 Å². The summed E-state index contributed by atoms with van der Waals surface area (Å²) >= 11 is 0. The Hall–Kier alpha value is -3.94. The SMILES string of the molecule is NC(=O)C1CC(C2=C3C=NC=C[N+]3(N)C(c3ccc4ccc(-c5ccccc5)nc4c3)=N2)C1. The number of hydrogen-bond donors (Lipinski definition) is 2. The Morgan fingerprint density at radius 2 is 1.79 bits per heavy atom. The van der Waals surface area contributed by atoms with Crippen LogP contribution < -0.4 is 11.6 Å². The molecule has 0 bridgehead atoms. The number of quaternary nitrogens is 1. The molecule has 7 nitrogen and oxygen atoms in total. The van der Waals surface area contributed by atoms with Crippen LogP contribution in [0, 0.1) is 11.8 Å². The van der Waals surface area contributed by atoms with E-state index in [1.54, 1.807) is 12.4 Å². The normalized spacial score (nSPS) is 25.7. The van der Waals surface area contributed by atoms with Crippen molar-refractivity contribution < 1.29 is 9.39 Å². The Morgan fingerprint density at radius 3 is 2.58 bits per heavy atom. The zero-order valence-electron chi connectivity index (χ0n) is 17.9. The molecular formula is C26H23N6O+. The van der Waals surface area contributed by atoms with Crippen LogP contribution in [0.5, 0.6) is 0 Å². The van der Waals surface area contributed by atoms with Crippen LogP contribution in [-0.2, 0) is 4.79 Å². The lowest BCUT2D eigenvalue weighted by Gasteiger charge is -2.33. The number of carbonyl (C=O) groups is 1. The fourth-order valence-corrected chi connectivity index (χ4v) is 4.81. The number of pyridine rings is 1. The third-order valence-corrected chi connectivity index (χ3v) is 6.77. The maximum atomic E-state index is 11.5. The van der Waals surface area contributed by atoms with E-state index in [-0.39, 0.29) is 22.3 Å². The highest BCUT2D eigenvalue weighted by Crippen LogP contribution is 2.44. The number of amidine groups is 1. The summed E-state index contributed by atoms with van der Waals surface area (Å²) in [6.07, 6.45) is 6.70. The molecule has 3 aromatic rings. The minimum absolute atomic E-state index is 0.0412. The number of nitrogens with two attached hydrogens (primary N) is 2. The van der Waals surface area contributed by atoms with Gasteiger partial charge in [0.2, 0.25) is 11.6 Å². The maximum absolute atomic E-state index is 11.5. The number of nitrogens with zero attached hydrogens (tertiary/aromatic N) is 4. The number of primary amides is 1. The molecule has 3 heterocycles. The van der Waals surface area contributed by atoms with E-state index in [2.05, 4.69) is 23.2 Å². The van der Waals surface area contributed by atoms with E-state index in [0.717, 1.165) is 45.0 Å². The second-order valence-corrected chi connectivity index (χ2v) is 8.80. The zero-order chi connectivity index (χ0) is 22.6. The molecule has 3 aliphatic rings. The highest BCUT2D eigenvalue weighted by atomic mass is 16.1. The third-order valence-electron chi connectivity index (χ3n) is 6.77. The molecule has 1 aliphatic carbocycles. The van der Waals surface area contributed by atoms with Crippen LogP contribution in [0.3, 0.4) is 0 Å². The Labute approximate surface area is 191 Å². The van der Waals surface area contributed by atoms with Crippen LogP contribution in [0.15, 0.2) is 94.4 Å². The minimum Gasteiger partial charge on any atom is -0.369 e. The number of carbonyl (C=O) groups excluding carboxylic acids is 1. The summed E-state index contributed by atoms with van der Waals surface area (Å²) in [7, 11) is 0. The van der Waals surface area contributed by atoms with Gasteiger partial charge >= 0.3 is 0 Å². The van der Waals surface area contributed by atoms with E-state index in [1.807, 2.05) is 48.7 Å². The van der Waals surface area contributed by atoms with Crippen LogP contribution in [-0.4, -0.2) is 27.5 Å². The van der Waals surface area contributed by atoms with E-state index in [1.165, 1.54) is 0 Å². The van der Waals surface area contributed by atoms with Gasteiger partial charge < -0.3 is 5.73 Å². The van der Waals surface area contributed by atoms with Gasteiger partial charge in [0.1, 0.15) is 11.9 Å². The largest absolute Gasteiger partial charge is 0.369 e. The lowest BCUT2D eigenvalue weighted by molar-refractivity contribution is -0.750. The number of allylic oxidation sites excluding steroid dienone is 2. The molecule has 1 aromatic heterocycles. The van der Waals surface area contributed by atoms with Gasteiger partial charge in [-0.3, -0.25) is 9.79 Å². The molecule has 4 N–H and O–H groups in total. The molecule has 1 amide bonds. The van der Waals surface area contributed by atoms with Crippen molar-refractivity contribution in [1.82, 2.24) is 4.98 Å². The van der Waals surface area contributed by atoms with Crippen molar-refractivity contribution >= 4 is 28.9 Å². The first kappa shape index (κ1) is 19.7. The lowest BCUT2D eigenvalue weighted by Crippen LogP contribution is -2.53. The Balaban J connectivity index is 1.41. The molecule has 2 aromatic carbocycles. The van der Waals surface area contributed by atoms with Gasteiger partial charge in [0, 0.05) is 22.8 Å². The van der Waals surface area contributed by atoms with Crippen molar-refractivity contribution in [2.24, 2.45) is 33.4 Å². The molecule has 0 saturated heterocycles. The molecule has 6 rings (SSSR count). The average Bonchev–Trinajstić information content (AvgIpc) is 3.10. The number of amides is 1.